The molecule has 0 aromatic rings. The minimum Gasteiger partial charge on any atom is -0.293 e. The van der Waals surface area contributed by atoms with E-state index in [2.05, 4.69) is 0 Å². The fraction of sp³-hybridized carbons (Fsp3) is 1.00. The lowest BCUT2D eigenvalue weighted by molar-refractivity contribution is 1.59. The molecule has 1 fully saturated rings. The van der Waals surface area contributed by atoms with Gasteiger partial charge in [-0.05, 0) is 0 Å². The van der Waals surface area contributed by atoms with Crippen molar-refractivity contribution in [2.24, 2.45) is 5.50 Å². The monoisotopic (exact) mass is 139 g/mol. The second kappa shape index (κ2) is 2.41. The molecule has 1 aliphatic rings. The molecule has 1 nitrogen and oxygen atoms in total. The van der Waals surface area contributed by atoms with Crippen LogP contribution in [0.25, 0.3) is 0 Å². The lowest BCUT2D eigenvalue weighted by Gasteiger charge is -1.91. The van der Waals surface area contributed by atoms with Gasteiger partial charge in [-0.1, -0.05) is 0 Å². The maximum atomic E-state index is 5.53. The zero-order chi connectivity index (χ0) is 4.41. The number of hydrogen-bond donors (Lipinski definition) is 1. The Kier molecular flexibility index (Phi) is 2.10. The van der Waals surface area contributed by atoms with Crippen LogP contribution in [-0.2, 0) is 0 Å². The molecule has 0 saturated carbocycles. The van der Waals surface area contributed by atoms with Crippen LogP contribution in [0, 0.1) is 0 Å². The van der Waals surface area contributed by atoms with Gasteiger partial charge in [0.15, 0.2) is 0 Å². The van der Waals surface area contributed by atoms with Crippen LogP contribution >= 0.6 is 29.2 Å². The molecule has 0 radical (unpaired) electrons. The molecular formula is C2H6NPS2. The van der Waals surface area contributed by atoms with Crippen molar-refractivity contribution in [3.05, 3.63) is 0 Å². The van der Waals surface area contributed by atoms with Crippen molar-refractivity contribution >= 4 is 29.2 Å². The maximum Gasteiger partial charge on any atom is 0.0819 e. The van der Waals surface area contributed by atoms with Crippen LogP contribution in [0.1, 0.15) is 0 Å². The Hall–Kier alpha value is 1.09. The summed E-state index contributed by atoms with van der Waals surface area (Å²) in [5.74, 6) is 2.54. The van der Waals surface area contributed by atoms with Crippen LogP contribution < -0.4 is 5.50 Å². The van der Waals surface area contributed by atoms with E-state index in [9.17, 15) is 0 Å². The third-order valence-electron chi connectivity index (χ3n) is 0.520. The van der Waals surface area contributed by atoms with Crippen LogP contribution in [0.15, 0.2) is 0 Å². The number of nitrogens with two attached hydrogens (primary N) is 1. The zero-order valence-corrected chi connectivity index (χ0v) is 5.78. The van der Waals surface area contributed by atoms with Gasteiger partial charge in [-0.25, -0.2) is 0 Å². The summed E-state index contributed by atoms with van der Waals surface area (Å²) in [5.41, 5.74) is 5.53. The van der Waals surface area contributed by atoms with Crippen molar-refractivity contribution < 1.29 is 0 Å². The largest absolute Gasteiger partial charge is 0.293 e. The van der Waals surface area contributed by atoms with Crippen LogP contribution in [0.4, 0.5) is 0 Å². The molecule has 0 aromatic carbocycles. The zero-order valence-electron chi connectivity index (χ0n) is 3.26. The first-order chi connectivity index (χ1) is 2.89. The lowest BCUT2D eigenvalue weighted by Crippen LogP contribution is -1.68. The summed E-state index contributed by atoms with van der Waals surface area (Å²) in [6.45, 7) is -0.132. The minimum absolute atomic E-state index is 0.132. The number of hydrogen-bond acceptors (Lipinski definition) is 3. The highest BCUT2D eigenvalue weighted by atomic mass is 33.1. The van der Waals surface area contributed by atoms with Gasteiger partial charge < -0.3 is 0 Å². The molecule has 1 rings (SSSR count). The van der Waals surface area contributed by atoms with Gasteiger partial charge in [0, 0.05) is 11.5 Å². The molecule has 0 aliphatic carbocycles. The van der Waals surface area contributed by atoms with E-state index >= 15 is 0 Å². The Morgan fingerprint density at radius 1 is 1.33 bits per heavy atom. The van der Waals surface area contributed by atoms with Crippen molar-refractivity contribution in [3.63, 3.8) is 0 Å². The van der Waals surface area contributed by atoms with Crippen molar-refractivity contribution in [2.45, 2.75) is 0 Å². The van der Waals surface area contributed by atoms with Crippen molar-refractivity contribution in [3.8, 4) is 0 Å². The quantitative estimate of drug-likeness (QED) is 0.517. The average molecular weight is 139 g/mol. The Balaban J connectivity index is 2.18. The molecule has 1 aliphatic heterocycles. The Morgan fingerprint density at radius 2 is 1.83 bits per heavy atom. The van der Waals surface area contributed by atoms with E-state index in [1.54, 1.807) is 0 Å². The summed E-state index contributed by atoms with van der Waals surface area (Å²) in [7, 11) is 0. The average Bonchev–Trinajstić information content (AvgIpc) is 1.86. The summed E-state index contributed by atoms with van der Waals surface area (Å²) < 4.78 is 0. The third-order valence-corrected chi connectivity index (χ3v) is 6.58. The Bertz CT molecular complexity index is 44.8. The SMILES string of the molecule is NP1SCCS1. The van der Waals surface area contributed by atoms with E-state index < -0.39 is 0 Å². The minimum atomic E-state index is -0.132. The Morgan fingerprint density at radius 3 is 2.00 bits per heavy atom. The van der Waals surface area contributed by atoms with Gasteiger partial charge in [0.1, 0.15) is 0 Å². The van der Waals surface area contributed by atoms with E-state index in [1.165, 1.54) is 11.5 Å². The second-order valence-electron chi connectivity index (χ2n) is 0.952. The van der Waals surface area contributed by atoms with E-state index in [0.717, 1.165) is 0 Å². The standard InChI is InChI=1S/C2H6NPS2/c3-4-5-1-2-6-4/h1-3H2. The van der Waals surface area contributed by atoms with E-state index in [1.807, 2.05) is 22.8 Å². The fourth-order valence-electron chi connectivity index (χ4n) is 0.292. The lowest BCUT2D eigenvalue weighted by atomic mass is 11.0. The van der Waals surface area contributed by atoms with Gasteiger partial charge in [0.2, 0.25) is 0 Å². The van der Waals surface area contributed by atoms with Gasteiger partial charge in [-0.2, -0.15) is 0 Å². The van der Waals surface area contributed by atoms with Crippen molar-refractivity contribution in [2.75, 3.05) is 11.5 Å². The predicted octanol–water partition coefficient (Wildman–Crippen LogP) is 1.65. The molecule has 4 heteroatoms. The maximum absolute atomic E-state index is 5.53. The molecule has 0 spiro atoms. The summed E-state index contributed by atoms with van der Waals surface area (Å²) >= 11 is 3.81. The number of rotatable bonds is 0. The van der Waals surface area contributed by atoms with E-state index in [-0.39, 0.29) is 6.48 Å². The molecule has 6 heavy (non-hydrogen) atoms. The molecular weight excluding hydrogens is 133 g/mol. The molecule has 0 atom stereocenters. The molecule has 36 valence electrons. The highest BCUT2D eigenvalue weighted by Gasteiger charge is 2.09. The summed E-state index contributed by atoms with van der Waals surface area (Å²) in [5, 5.41) is 0. The first-order valence-corrected chi connectivity index (χ1v) is 6.29. The normalized spacial score (nSPS) is 25.5. The van der Waals surface area contributed by atoms with Crippen LogP contribution in [0.5, 0.6) is 0 Å². The highest BCUT2D eigenvalue weighted by molar-refractivity contribution is 8.89. The van der Waals surface area contributed by atoms with Gasteiger partial charge in [0.05, 0.1) is 6.48 Å². The third kappa shape index (κ3) is 1.30. The molecule has 0 bridgehead atoms. The van der Waals surface area contributed by atoms with Crippen LogP contribution in [0.2, 0.25) is 0 Å². The second-order valence-corrected chi connectivity index (χ2v) is 7.46. The van der Waals surface area contributed by atoms with Crippen LogP contribution in [0.3, 0.4) is 0 Å². The molecule has 0 aromatic heterocycles. The van der Waals surface area contributed by atoms with E-state index in [4.69, 9.17) is 5.50 Å². The van der Waals surface area contributed by atoms with Gasteiger partial charge >= 0.3 is 0 Å². The summed E-state index contributed by atoms with van der Waals surface area (Å²) in [4.78, 5) is 0. The summed E-state index contributed by atoms with van der Waals surface area (Å²) in [6.07, 6.45) is 0. The molecule has 0 amide bonds. The summed E-state index contributed by atoms with van der Waals surface area (Å²) in [6, 6.07) is 0. The van der Waals surface area contributed by atoms with Gasteiger partial charge in [-0.3, -0.25) is 5.50 Å². The predicted molar refractivity (Wildman–Crippen MR) is 36.0 cm³/mol. The topological polar surface area (TPSA) is 26.0 Å². The first-order valence-electron chi connectivity index (χ1n) is 1.70. The molecule has 1 saturated heterocycles. The Labute approximate surface area is 46.7 Å². The first kappa shape index (κ1) is 5.23. The molecule has 1 heterocycles. The smallest absolute Gasteiger partial charge is 0.0819 e. The highest BCUT2D eigenvalue weighted by Crippen LogP contribution is 2.59. The fourth-order valence-corrected chi connectivity index (χ4v) is 5.98. The molecule has 0 unspecified atom stereocenters. The van der Waals surface area contributed by atoms with E-state index in [0.29, 0.717) is 0 Å². The van der Waals surface area contributed by atoms with Crippen molar-refractivity contribution in [1.82, 2.24) is 0 Å². The molecule has 2 N–H and O–H groups in total. The van der Waals surface area contributed by atoms with Crippen LogP contribution in [-0.4, -0.2) is 11.5 Å². The van der Waals surface area contributed by atoms with Gasteiger partial charge in [0.25, 0.3) is 0 Å². The van der Waals surface area contributed by atoms with Crippen molar-refractivity contribution in [1.29, 1.82) is 0 Å². The van der Waals surface area contributed by atoms with Gasteiger partial charge in [-0.15, -0.1) is 22.8 Å².